The SMILES string of the molecule is Cc1cc(Br)ccc1C(O)C(CN)c1ccccn1. The molecule has 0 amide bonds. The quantitative estimate of drug-likeness (QED) is 0.910. The van der Waals surface area contributed by atoms with Gasteiger partial charge in [-0.25, -0.2) is 0 Å². The predicted octanol–water partition coefficient (Wildman–Crippen LogP) is 2.93. The Balaban J connectivity index is 2.33. The number of aliphatic hydroxyl groups is 1. The number of nitrogens with two attached hydrogens (primary N) is 1. The first-order valence-corrected chi connectivity index (χ1v) is 6.98. The molecule has 3 nitrogen and oxygen atoms in total. The van der Waals surface area contributed by atoms with Crippen LogP contribution >= 0.6 is 15.9 Å². The Morgan fingerprint density at radius 2 is 2.11 bits per heavy atom. The average molecular weight is 321 g/mol. The highest BCUT2D eigenvalue weighted by Gasteiger charge is 2.23. The van der Waals surface area contributed by atoms with Crippen LogP contribution in [-0.4, -0.2) is 16.6 Å². The Morgan fingerprint density at radius 1 is 1.32 bits per heavy atom. The molecule has 0 radical (unpaired) electrons. The molecule has 2 atom stereocenters. The van der Waals surface area contributed by atoms with Crippen molar-refractivity contribution in [3.05, 3.63) is 63.9 Å². The number of halogens is 1. The molecule has 0 fully saturated rings. The van der Waals surface area contributed by atoms with Gasteiger partial charge in [0.05, 0.1) is 6.10 Å². The molecule has 1 heterocycles. The summed E-state index contributed by atoms with van der Waals surface area (Å²) in [6.45, 7) is 2.34. The van der Waals surface area contributed by atoms with Gasteiger partial charge in [0.25, 0.3) is 0 Å². The summed E-state index contributed by atoms with van der Waals surface area (Å²) in [5.74, 6) is -0.193. The van der Waals surface area contributed by atoms with Crippen molar-refractivity contribution in [3.8, 4) is 0 Å². The van der Waals surface area contributed by atoms with E-state index in [0.717, 1.165) is 21.3 Å². The van der Waals surface area contributed by atoms with Gasteiger partial charge in [0.1, 0.15) is 0 Å². The van der Waals surface area contributed by atoms with Gasteiger partial charge < -0.3 is 10.8 Å². The Labute approximate surface area is 121 Å². The van der Waals surface area contributed by atoms with Crippen LogP contribution in [0.3, 0.4) is 0 Å². The van der Waals surface area contributed by atoms with Crippen molar-refractivity contribution in [1.29, 1.82) is 0 Å². The summed E-state index contributed by atoms with van der Waals surface area (Å²) >= 11 is 3.43. The first-order chi connectivity index (χ1) is 9.13. The molecule has 0 saturated carbocycles. The van der Waals surface area contributed by atoms with E-state index in [0.29, 0.717) is 6.54 Å². The zero-order valence-corrected chi connectivity index (χ0v) is 12.3. The lowest BCUT2D eigenvalue weighted by molar-refractivity contribution is 0.145. The van der Waals surface area contributed by atoms with E-state index in [1.54, 1.807) is 6.20 Å². The summed E-state index contributed by atoms with van der Waals surface area (Å²) in [4.78, 5) is 4.29. The highest BCUT2D eigenvalue weighted by molar-refractivity contribution is 9.10. The normalized spacial score (nSPS) is 14.1. The third kappa shape index (κ3) is 3.21. The molecule has 100 valence electrons. The molecule has 1 aromatic heterocycles. The van der Waals surface area contributed by atoms with Crippen molar-refractivity contribution in [2.75, 3.05) is 6.54 Å². The smallest absolute Gasteiger partial charge is 0.0888 e. The maximum Gasteiger partial charge on any atom is 0.0888 e. The molecular weight excluding hydrogens is 304 g/mol. The van der Waals surface area contributed by atoms with Crippen molar-refractivity contribution >= 4 is 15.9 Å². The average Bonchev–Trinajstić information content (AvgIpc) is 2.40. The minimum Gasteiger partial charge on any atom is -0.388 e. The Morgan fingerprint density at radius 3 is 2.68 bits per heavy atom. The van der Waals surface area contributed by atoms with Crippen molar-refractivity contribution in [3.63, 3.8) is 0 Å². The van der Waals surface area contributed by atoms with Gasteiger partial charge in [-0.2, -0.15) is 0 Å². The van der Waals surface area contributed by atoms with Crippen LogP contribution in [0.5, 0.6) is 0 Å². The summed E-state index contributed by atoms with van der Waals surface area (Å²) < 4.78 is 1.00. The fraction of sp³-hybridized carbons (Fsp3) is 0.267. The van der Waals surface area contributed by atoms with E-state index < -0.39 is 6.10 Å². The van der Waals surface area contributed by atoms with Crippen molar-refractivity contribution in [2.24, 2.45) is 5.73 Å². The van der Waals surface area contributed by atoms with E-state index in [1.165, 1.54) is 0 Å². The molecule has 0 spiro atoms. The van der Waals surface area contributed by atoms with Gasteiger partial charge >= 0.3 is 0 Å². The number of aliphatic hydroxyl groups excluding tert-OH is 1. The van der Waals surface area contributed by atoms with Crippen molar-refractivity contribution < 1.29 is 5.11 Å². The van der Waals surface area contributed by atoms with Gasteiger partial charge in [0, 0.05) is 28.8 Å². The predicted molar refractivity (Wildman–Crippen MR) is 79.9 cm³/mol. The lowest BCUT2D eigenvalue weighted by Crippen LogP contribution is -2.21. The first kappa shape index (κ1) is 14.2. The number of benzene rings is 1. The molecule has 2 aromatic rings. The third-order valence-electron chi connectivity index (χ3n) is 3.25. The van der Waals surface area contributed by atoms with E-state index in [4.69, 9.17) is 5.73 Å². The highest BCUT2D eigenvalue weighted by atomic mass is 79.9. The molecule has 2 rings (SSSR count). The fourth-order valence-corrected chi connectivity index (χ4v) is 2.67. The second kappa shape index (κ2) is 6.28. The molecule has 0 aliphatic rings. The minimum absolute atomic E-state index is 0.193. The van der Waals surface area contributed by atoms with Gasteiger partial charge in [-0.15, -0.1) is 0 Å². The highest BCUT2D eigenvalue weighted by Crippen LogP contribution is 2.31. The maximum atomic E-state index is 10.6. The number of rotatable bonds is 4. The van der Waals surface area contributed by atoms with Gasteiger partial charge in [0.15, 0.2) is 0 Å². The zero-order valence-electron chi connectivity index (χ0n) is 10.8. The summed E-state index contributed by atoms with van der Waals surface area (Å²) in [5, 5.41) is 10.6. The maximum absolute atomic E-state index is 10.6. The van der Waals surface area contributed by atoms with Crippen LogP contribution in [0.4, 0.5) is 0 Å². The number of hydrogen-bond acceptors (Lipinski definition) is 3. The molecule has 0 aliphatic heterocycles. The van der Waals surface area contributed by atoms with Crippen LogP contribution in [0.2, 0.25) is 0 Å². The van der Waals surface area contributed by atoms with Crippen LogP contribution in [-0.2, 0) is 0 Å². The number of hydrogen-bond donors (Lipinski definition) is 2. The van der Waals surface area contributed by atoms with E-state index in [1.807, 2.05) is 43.3 Å². The standard InChI is InChI=1S/C15H17BrN2O/c1-10-8-11(16)5-6-12(10)15(19)13(9-17)14-4-2-3-7-18-14/h2-8,13,15,19H,9,17H2,1H3. The molecule has 2 unspecified atom stereocenters. The molecule has 0 saturated heterocycles. The van der Waals surface area contributed by atoms with Gasteiger partial charge in [-0.1, -0.05) is 28.1 Å². The number of pyridine rings is 1. The van der Waals surface area contributed by atoms with Gasteiger partial charge in [0.2, 0.25) is 0 Å². The van der Waals surface area contributed by atoms with Crippen LogP contribution < -0.4 is 5.73 Å². The van der Waals surface area contributed by atoms with E-state index >= 15 is 0 Å². The summed E-state index contributed by atoms with van der Waals surface area (Å²) in [5.41, 5.74) is 8.56. The monoisotopic (exact) mass is 320 g/mol. The molecule has 1 aromatic carbocycles. The second-order valence-corrected chi connectivity index (χ2v) is 5.46. The summed E-state index contributed by atoms with van der Waals surface area (Å²) in [6, 6.07) is 11.5. The van der Waals surface area contributed by atoms with Crippen LogP contribution in [0, 0.1) is 6.92 Å². The van der Waals surface area contributed by atoms with Gasteiger partial charge in [-0.3, -0.25) is 4.98 Å². The zero-order chi connectivity index (χ0) is 13.8. The lowest BCUT2D eigenvalue weighted by atomic mass is 9.90. The summed E-state index contributed by atoms with van der Waals surface area (Å²) in [6.07, 6.45) is 1.08. The molecule has 0 aliphatic carbocycles. The first-order valence-electron chi connectivity index (χ1n) is 6.18. The number of nitrogens with zero attached hydrogens (tertiary/aromatic N) is 1. The number of aromatic nitrogens is 1. The largest absolute Gasteiger partial charge is 0.388 e. The van der Waals surface area contributed by atoms with Gasteiger partial charge in [-0.05, 0) is 42.3 Å². The molecular formula is C15H17BrN2O. The number of aryl methyl sites for hydroxylation is 1. The molecule has 19 heavy (non-hydrogen) atoms. The van der Waals surface area contributed by atoms with Crippen molar-refractivity contribution in [1.82, 2.24) is 4.98 Å². The van der Waals surface area contributed by atoms with Crippen LogP contribution in [0.1, 0.15) is 28.8 Å². The molecule has 3 N–H and O–H groups in total. The van der Waals surface area contributed by atoms with Crippen molar-refractivity contribution in [2.45, 2.75) is 18.9 Å². The third-order valence-corrected chi connectivity index (χ3v) is 3.75. The topological polar surface area (TPSA) is 59.1 Å². The Kier molecular flexibility index (Phi) is 4.69. The fourth-order valence-electron chi connectivity index (χ4n) is 2.19. The Bertz CT molecular complexity index is 545. The van der Waals surface area contributed by atoms with E-state index in [-0.39, 0.29) is 5.92 Å². The van der Waals surface area contributed by atoms with Crippen LogP contribution in [0.25, 0.3) is 0 Å². The Hall–Kier alpha value is -1.23. The van der Waals surface area contributed by atoms with E-state index in [2.05, 4.69) is 20.9 Å². The molecule has 4 heteroatoms. The van der Waals surface area contributed by atoms with Crippen LogP contribution in [0.15, 0.2) is 47.1 Å². The summed E-state index contributed by atoms with van der Waals surface area (Å²) in [7, 11) is 0. The second-order valence-electron chi connectivity index (χ2n) is 4.54. The minimum atomic E-state index is -0.645. The van der Waals surface area contributed by atoms with E-state index in [9.17, 15) is 5.11 Å². The molecule has 0 bridgehead atoms. The lowest BCUT2D eigenvalue weighted by Gasteiger charge is -2.23.